The van der Waals surface area contributed by atoms with Crippen LogP contribution in [0.5, 0.6) is 11.5 Å². The van der Waals surface area contributed by atoms with E-state index in [1.54, 1.807) is 0 Å². The first-order chi connectivity index (χ1) is 5.11. The lowest BCUT2D eigenvalue weighted by molar-refractivity contribution is 0.141. The van der Waals surface area contributed by atoms with Crippen molar-refractivity contribution in [2.75, 3.05) is 0 Å². The predicted octanol–water partition coefficient (Wildman–Crippen LogP) is 1.43. The third kappa shape index (κ3) is 1.54. The molecule has 1 heterocycles. The molecule has 1 rings (SSSR count). The standard InChI is InChI=1S/C6H5F2NO2/c7-6(8)5-4(11)1-3(10)2-9-5/h1-2,6,10-11H. The summed E-state index contributed by atoms with van der Waals surface area (Å²) in [5.74, 6) is -1.04. The second-order valence-electron chi connectivity index (χ2n) is 1.90. The Kier molecular flexibility index (Phi) is 1.89. The topological polar surface area (TPSA) is 53.4 Å². The van der Waals surface area contributed by atoms with E-state index in [0.717, 1.165) is 12.3 Å². The van der Waals surface area contributed by atoms with Crippen molar-refractivity contribution in [3.05, 3.63) is 18.0 Å². The molecule has 1 aromatic heterocycles. The maximum absolute atomic E-state index is 11.9. The summed E-state index contributed by atoms with van der Waals surface area (Å²) in [6.07, 6.45) is -1.98. The van der Waals surface area contributed by atoms with Crippen LogP contribution in [-0.4, -0.2) is 15.2 Å². The highest BCUT2D eigenvalue weighted by Crippen LogP contribution is 2.27. The van der Waals surface area contributed by atoms with Gasteiger partial charge < -0.3 is 10.2 Å². The lowest BCUT2D eigenvalue weighted by Crippen LogP contribution is -1.89. The van der Waals surface area contributed by atoms with Gasteiger partial charge in [0, 0.05) is 6.07 Å². The number of hydrogen-bond acceptors (Lipinski definition) is 3. The number of aromatic nitrogens is 1. The molecular formula is C6H5F2NO2. The van der Waals surface area contributed by atoms with E-state index in [0.29, 0.717) is 0 Å². The molecule has 0 unspecified atom stereocenters. The summed E-state index contributed by atoms with van der Waals surface area (Å²) < 4.78 is 23.7. The molecule has 3 nitrogen and oxygen atoms in total. The lowest BCUT2D eigenvalue weighted by atomic mass is 10.3. The molecule has 0 bridgehead atoms. The highest BCUT2D eigenvalue weighted by atomic mass is 19.3. The van der Waals surface area contributed by atoms with Gasteiger partial charge >= 0.3 is 0 Å². The summed E-state index contributed by atoms with van der Waals surface area (Å²) in [6.45, 7) is 0. The molecule has 11 heavy (non-hydrogen) atoms. The van der Waals surface area contributed by atoms with Crippen molar-refractivity contribution in [2.45, 2.75) is 6.43 Å². The van der Waals surface area contributed by atoms with E-state index >= 15 is 0 Å². The monoisotopic (exact) mass is 161 g/mol. The van der Waals surface area contributed by atoms with Crippen molar-refractivity contribution in [3.63, 3.8) is 0 Å². The number of halogens is 2. The molecule has 0 aliphatic heterocycles. The molecule has 0 aliphatic rings. The van der Waals surface area contributed by atoms with Gasteiger partial charge in [0.25, 0.3) is 6.43 Å². The molecule has 0 saturated heterocycles. The maximum Gasteiger partial charge on any atom is 0.284 e. The summed E-state index contributed by atoms with van der Waals surface area (Å²) in [5.41, 5.74) is -0.720. The molecule has 0 amide bonds. The van der Waals surface area contributed by atoms with Gasteiger partial charge in [-0.15, -0.1) is 0 Å². The van der Waals surface area contributed by atoms with Crippen LogP contribution in [0.4, 0.5) is 8.78 Å². The molecule has 0 aliphatic carbocycles. The van der Waals surface area contributed by atoms with Gasteiger partial charge in [0.1, 0.15) is 17.2 Å². The maximum atomic E-state index is 11.9. The first-order valence-corrected chi connectivity index (χ1v) is 2.77. The highest BCUT2D eigenvalue weighted by molar-refractivity contribution is 5.33. The van der Waals surface area contributed by atoms with E-state index in [2.05, 4.69) is 4.98 Å². The third-order valence-corrected chi connectivity index (χ3v) is 1.09. The summed E-state index contributed by atoms with van der Waals surface area (Å²) >= 11 is 0. The molecule has 60 valence electrons. The normalized spacial score (nSPS) is 10.5. The van der Waals surface area contributed by atoms with Crippen molar-refractivity contribution in [2.24, 2.45) is 0 Å². The molecule has 0 aromatic carbocycles. The average molecular weight is 161 g/mol. The minimum atomic E-state index is -2.82. The number of rotatable bonds is 1. The van der Waals surface area contributed by atoms with E-state index < -0.39 is 17.9 Å². The van der Waals surface area contributed by atoms with Crippen LogP contribution < -0.4 is 0 Å². The van der Waals surface area contributed by atoms with E-state index in [1.165, 1.54) is 0 Å². The number of hydrogen-bond donors (Lipinski definition) is 2. The molecule has 0 spiro atoms. The van der Waals surface area contributed by atoms with Crippen LogP contribution in [0.25, 0.3) is 0 Å². The Morgan fingerprint density at radius 3 is 2.45 bits per heavy atom. The Morgan fingerprint density at radius 1 is 1.36 bits per heavy atom. The summed E-state index contributed by atoms with van der Waals surface area (Å²) in [5, 5.41) is 17.4. The molecule has 0 radical (unpaired) electrons. The van der Waals surface area contributed by atoms with Gasteiger partial charge in [-0.25, -0.2) is 13.8 Å². The Morgan fingerprint density at radius 2 is 2.00 bits per heavy atom. The number of aromatic hydroxyl groups is 2. The molecule has 0 saturated carbocycles. The highest BCUT2D eigenvalue weighted by Gasteiger charge is 2.14. The van der Waals surface area contributed by atoms with E-state index in [-0.39, 0.29) is 5.75 Å². The van der Waals surface area contributed by atoms with Crippen molar-refractivity contribution in [1.29, 1.82) is 0 Å². The summed E-state index contributed by atoms with van der Waals surface area (Å²) in [7, 11) is 0. The Balaban J connectivity index is 3.09. The molecule has 5 heteroatoms. The van der Waals surface area contributed by atoms with E-state index in [1.807, 2.05) is 0 Å². The zero-order chi connectivity index (χ0) is 8.43. The number of pyridine rings is 1. The van der Waals surface area contributed by atoms with Gasteiger partial charge in [0.15, 0.2) is 0 Å². The van der Waals surface area contributed by atoms with Crippen LogP contribution in [0, 0.1) is 0 Å². The van der Waals surface area contributed by atoms with Gasteiger partial charge in [0.05, 0.1) is 6.20 Å². The van der Waals surface area contributed by atoms with Crippen molar-refractivity contribution >= 4 is 0 Å². The minimum Gasteiger partial charge on any atom is -0.506 e. The fourth-order valence-corrected chi connectivity index (χ4v) is 0.621. The van der Waals surface area contributed by atoms with Crippen LogP contribution >= 0.6 is 0 Å². The van der Waals surface area contributed by atoms with Gasteiger partial charge in [-0.2, -0.15) is 0 Å². The Hall–Kier alpha value is -1.39. The van der Waals surface area contributed by atoms with E-state index in [4.69, 9.17) is 10.2 Å². The first-order valence-electron chi connectivity index (χ1n) is 2.77. The fourth-order valence-electron chi connectivity index (χ4n) is 0.621. The third-order valence-electron chi connectivity index (χ3n) is 1.09. The smallest absolute Gasteiger partial charge is 0.284 e. The van der Waals surface area contributed by atoms with Gasteiger partial charge in [-0.1, -0.05) is 0 Å². The Labute approximate surface area is 60.9 Å². The van der Waals surface area contributed by atoms with Crippen molar-refractivity contribution in [1.82, 2.24) is 4.98 Å². The molecule has 0 atom stereocenters. The minimum absolute atomic E-state index is 0.341. The quantitative estimate of drug-likeness (QED) is 0.655. The predicted molar refractivity (Wildman–Crippen MR) is 32.5 cm³/mol. The van der Waals surface area contributed by atoms with Crippen LogP contribution in [0.1, 0.15) is 12.1 Å². The number of nitrogens with zero attached hydrogens (tertiary/aromatic N) is 1. The summed E-state index contributed by atoms with van der Waals surface area (Å²) in [4.78, 5) is 3.13. The Bertz CT molecular complexity index is 265. The largest absolute Gasteiger partial charge is 0.506 e. The SMILES string of the molecule is Oc1cnc(C(F)F)c(O)c1. The van der Waals surface area contributed by atoms with Gasteiger partial charge in [-0.3, -0.25) is 0 Å². The van der Waals surface area contributed by atoms with Crippen molar-refractivity contribution in [3.8, 4) is 11.5 Å². The van der Waals surface area contributed by atoms with Crippen LogP contribution in [0.3, 0.4) is 0 Å². The zero-order valence-corrected chi connectivity index (χ0v) is 5.33. The fraction of sp³-hybridized carbons (Fsp3) is 0.167. The second-order valence-corrected chi connectivity index (χ2v) is 1.90. The molecule has 2 N–H and O–H groups in total. The lowest BCUT2D eigenvalue weighted by Gasteiger charge is -2.00. The van der Waals surface area contributed by atoms with Gasteiger partial charge in [0.2, 0.25) is 0 Å². The molecule has 1 aromatic rings. The van der Waals surface area contributed by atoms with Crippen molar-refractivity contribution < 1.29 is 19.0 Å². The molecule has 0 fully saturated rings. The van der Waals surface area contributed by atoms with Gasteiger partial charge in [-0.05, 0) is 0 Å². The van der Waals surface area contributed by atoms with Crippen LogP contribution in [-0.2, 0) is 0 Å². The number of alkyl halides is 2. The van der Waals surface area contributed by atoms with Crippen LogP contribution in [0.2, 0.25) is 0 Å². The summed E-state index contributed by atoms with van der Waals surface area (Å²) in [6, 6.07) is 0.814. The first kappa shape index (κ1) is 7.71. The van der Waals surface area contributed by atoms with E-state index in [9.17, 15) is 8.78 Å². The molecular weight excluding hydrogens is 156 g/mol. The average Bonchev–Trinajstić information content (AvgIpc) is 1.85. The second kappa shape index (κ2) is 2.69. The van der Waals surface area contributed by atoms with Crippen LogP contribution in [0.15, 0.2) is 12.3 Å². The zero-order valence-electron chi connectivity index (χ0n) is 5.33.